The highest BCUT2D eigenvalue weighted by Crippen LogP contribution is 2.34. The summed E-state index contributed by atoms with van der Waals surface area (Å²) in [6, 6.07) is 7.17. The third kappa shape index (κ3) is 2.51. The number of carbonyl (C=O) groups excluding carboxylic acids is 1. The van der Waals surface area contributed by atoms with Crippen molar-refractivity contribution in [2.45, 2.75) is 6.10 Å². The Balaban J connectivity index is 1.93. The van der Waals surface area contributed by atoms with Crippen LogP contribution in [-0.2, 0) is 4.79 Å². The maximum absolute atomic E-state index is 11.3. The molecule has 2 heterocycles. The quantitative estimate of drug-likeness (QED) is 0.884. The van der Waals surface area contributed by atoms with Crippen molar-refractivity contribution in [3.63, 3.8) is 0 Å². The molecule has 0 bridgehead atoms. The van der Waals surface area contributed by atoms with Crippen LogP contribution in [0.25, 0.3) is 0 Å². The number of anilines is 1. The van der Waals surface area contributed by atoms with Crippen LogP contribution >= 0.6 is 27.3 Å². The summed E-state index contributed by atoms with van der Waals surface area (Å²) < 4.78 is 6.25. The number of nitrogens with one attached hydrogen (secondary N) is 1. The van der Waals surface area contributed by atoms with E-state index in [1.54, 1.807) is 18.2 Å². The number of hydrogen-bond acceptors (Lipinski definition) is 4. The molecule has 2 N–H and O–H groups in total. The fraction of sp³-hybridized carbons (Fsp3) is 0.154. The number of aliphatic hydroxyl groups is 1. The van der Waals surface area contributed by atoms with Gasteiger partial charge >= 0.3 is 0 Å². The summed E-state index contributed by atoms with van der Waals surface area (Å²) in [4.78, 5) is 11.3. The van der Waals surface area contributed by atoms with E-state index in [4.69, 9.17) is 4.74 Å². The van der Waals surface area contributed by atoms with E-state index in [0.717, 1.165) is 14.9 Å². The van der Waals surface area contributed by atoms with Gasteiger partial charge in [-0.05, 0) is 50.6 Å². The Bertz CT molecular complexity index is 641. The zero-order valence-electron chi connectivity index (χ0n) is 9.72. The molecule has 0 aliphatic carbocycles. The SMILES string of the molecule is O=C1COc2ccc(C(O)c3csc(Br)c3)cc2N1. The summed E-state index contributed by atoms with van der Waals surface area (Å²) >= 11 is 4.89. The Morgan fingerprint density at radius 2 is 2.21 bits per heavy atom. The Morgan fingerprint density at radius 3 is 2.95 bits per heavy atom. The first-order chi connectivity index (χ1) is 9.13. The zero-order valence-corrected chi connectivity index (χ0v) is 12.1. The van der Waals surface area contributed by atoms with Gasteiger partial charge in [-0.3, -0.25) is 4.79 Å². The van der Waals surface area contributed by atoms with Gasteiger partial charge in [0.05, 0.1) is 9.47 Å². The predicted molar refractivity (Wildman–Crippen MR) is 76.6 cm³/mol. The fourth-order valence-electron chi connectivity index (χ4n) is 1.93. The van der Waals surface area contributed by atoms with Gasteiger partial charge in [-0.2, -0.15) is 0 Å². The van der Waals surface area contributed by atoms with Crippen molar-refractivity contribution in [2.75, 3.05) is 11.9 Å². The van der Waals surface area contributed by atoms with Crippen molar-refractivity contribution >= 4 is 38.9 Å². The topological polar surface area (TPSA) is 58.6 Å². The van der Waals surface area contributed by atoms with E-state index in [9.17, 15) is 9.90 Å². The van der Waals surface area contributed by atoms with Crippen LogP contribution in [-0.4, -0.2) is 17.6 Å². The number of rotatable bonds is 2. The Hall–Kier alpha value is -1.37. The van der Waals surface area contributed by atoms with Crippen molar-refractivity contribution in [1.29, 1.82) is 0 Å². The van der Waals surface area contributed by atoms with Crippen LogP contribution in [0.3, 0.4) is 0 Å². The molecule has 6 heteroatoms. The summed E-state index contributed by atoms with van der Waals surface area (Å²) in [7, 11) is 0. The van der Waals surface area contributed by atoms with Crippen LogP contribution in [0.4, 0.5) is 5.69 Å². The van der Waals surface area contributed by atoms with Crippen LogP contribution in [0, 0.1) is 0 Å². The molecule has 3 rings (SSSR count). The molecule has 1 atom stereocenters. The summed E-state index contributed by atoms with van der Waals surface area (Å²) in [5, 5.41) is 14.9. The number of carbonyl (C=O) groups is 1. The molecule has 0 radical (unpaired) electrons. The molecule has 1 aliphatic rings. The molecule has 19 heavy (non-hydrogen) atoms. The number of ether oxygens (including phenoxy) is 1. The van der Waals surface area contributed by atoms with Gasteiger partial charge < -0.3 is 15.2 Å². The molecular formula is C13H10BrNO3S. The van der Waals surface area contributed by atoms with Crippen molar-refractivity contribution < 1.29 is 14.6 Å². The van der Waals surface area contributed by atoms with Crippen LogP contribution < -0.4 is 10.1 Å². The van der Waals surface area contributed by atoms with Crippen LogP contribution in [0.1, 0.15) is 17.2 Å². The maximum Gasteiger partial charge on any atom is 0.262 e. The average Bonchev–Trinajstić information content (AvgIpc) is 2.83. The van der Waals surface area contributed by atoms with Gasteiger partial charge in [0.15, 0.2) is 6.61 Å². The predicted octanol–water partition coefficient (Wildman–Crippen LogP) is 2.92. The lowest BCUT2D eigenvalue weighted by Crippen LogP contribution is -2.25. The molecule has 1 aromatic carbocycles. The summed E-state index contributed by atoms with van der Waals surface area (Å²) in [5.41, 5.74) is 2.14. The molecule has 0 saturated carbocycles. The Morgan fingerprint density at radius 1 is 1.37 bits per heavy atom. The van der Waals surface area contributed by atoms with E-state index in [0.29, 0.717) is 11.4 Å². The molecule has 0 saturated heterocycles. The van der Waals surface area contributed by atoms with Crippen molar-refractivity contribution in [2.24, 2.45) is 0 Å². The summed E-state index contributed by atoms with van der Waals surface area (Å²) in [6.07, 6.45) is -0.716. The second kappa shape index (κ2) is 4.96. The lowest BCUT2D eigenvalue weighted by molar-refractivity contribution is -0.118. The van der Waals surface area contributed by atoms with E-state index in [2.05, 4.69) is 21.2 Å². The molecule has 0 fully saturated rings. The van der Waals surface area contributed by atoms with Gasteiger partial charge in [0, 0.05) is 0 Å². The van der Waals surface area contributed by atoms with E-state index in [1.165, 1.54) is 11.3 Å². The Kier molecular flexibility index (Phi) is 3.30. The van der Waals surface area contributed by atoms with E-state index >= 15 is 0 Å². The minimum atomic E-state index is -0.716. The van der Waals surface area contributed by atoms with Gasteiger partial charge in [-0.25, -0.2) is 0 Å². The number of hydrogen-bond donors (Lipinski definition) is 2. The monoisotopic (exact) mass is 339 g/mol. The number of benzene rings is 1. The lowest BCUT2D eigenvalue weighted by atomic mass is 10.0. The molecule has 1 aromatic heterocycles. The van der Waals surface area contributed by atoms with Crippen LogP contribution in [0.15, 0.2) is 33.4 Å². The first-order valence-corrected chi connectivity index (χ1v) is 7.29. The first-order valence-electron chi connectivity index (χ1n) is 5.62. The number of aliphatic hydroxyl groups excluding tert-OH is 1. The highest BCUT2D eigenvalue weighted by atomic mass is 79.9. The maximum atomic E-state index is 11.3. The zero-order chi connectivity index (χ0) is 13.4. The van der Waals surface area contributed by atoms with E-state index in [-0.39, 0.29) is 12.5 Å². The molecule has 2 aromatic rings. The minimum absolute atomic E-state index is 0.0341. The van der Waals surface area contributed by atoms with Gasteiger partial charge in [-0.15, -0.1) is 11.3 Å². The van der Waals surface area contributed by atoms with E-state index < -0.39 is 6.10 Å². The van der Waals surface area contributed by atoms with Gasteiger partial charge in [0.2, 0.25) is 0 Å². The second-order valence-corrected chi connectivity index (χ2v) is 6.47. The lowest BCUT2D eigenvalue weighted by Gasteiger charge is -2.19. The highest BCUT2D eigenvalue weighted by Gasteiger charge is 2.19. The molecule has 4 nitrogen and oxygen atoms in total. The standard InChI is InChI=1S/C13H10BrNO3S/c14-11-4-8(6-19-11)13(17)7-1-2-10-9(3-7)15-12(16)5-18-10/h1-4,6,13,17H,5H2,(H,15,16). The normalized spacial score (nSPS) is 15.4. The van der Waals surface area contributed by atoms with Crippen LogP contribution in [0.2, 0.25) is 0 Å². The van der Waals surface area contributed by atoms with Crippen molar-refractivity contribution in [3.8, 4) is 5.75 Å². The average molecular weight is 340 g/mol. The minimum Gasteiger partial charge on any atom is -0.482 e. The largest absolute Gasteiger partial charge is 0.482 e. The molecular weight excluding hydrogens is 330 g/mol. The highest BCUT2D eigenvalue weighted by molar-refractivity contribution is 9.11. The molecule has 1 aliphatic heterocycles. The van der Waals surface area contributed by atoms with Gasteiger partial charge in [0.25, 0.3) is 5.91 Å². The Labute approximate surface area is 122 Å². The number of halogens is 1. The van der Waals surface area contributed by atoms with E-state index in [1.807, 2.05) is 11.4 Å². The third-order valence-electron chi connectivity index (χ3n) is 2.86. The van der Waals surface area contributed by atoms with Crippen molar-refractivity contribution in [3.05, 3.63) is 44.6 Å². The van der Waals surface area contributed by atoms with Crippen LogP contribution in [0.5, 0.6) is 5.75 Å². The number of thiophene rings is 1. The fourth-order valence-corrected chi connectivity index (χ4v) is 3.12. The number of fused-ring (bicyclic) bond motifs is 1. The molecule has 0 spiro atoms. The second-order valence-electron chi connectivity index (χ2n) is 4.18. The third-order valence-corrected chi connectivity index (χ3v) is 4.38. The van der Waals surface area contributed by atoms with Gasteiger partial charge in [-0.1, -0.05) is 6.07 Å². The molecule has 98 valence electrons. The molecule has 1 unspecified atom stereocenters. The smallest absolute Gasteiger partial charge is 0.262 e. The summed E-state index contributed by atoms with van der Waals surface area (Å²) in [5.74, 6) is 0.444. The van der Waals surface area contributed by atoms with Gasteiger partial charge in [0.1, 0.15) is 11.9 Å². The molecule has 1 amide bonds. The number of amides is 1. The van der Waals surface area contributed by atoms with Crippen molar-refractivity contribution in [1.82, 2.24) is 0 Å². The summed E-state index contributed by atoms with van der Waals surface area (Å²) in [6.45, 7) is 0.0341. The first kappa shape index (κ1) is 12.7.